The second-order valence-corrected chi connectivity index (χ2v) is 8.54. The van der Waals surface area contributed by atoms with Crippen molar-refractivity contribution in [3.8, 4) is 5.75 Å². The summed E-state index contributed by atoms with van der Waals surface area (Å²) in [5.41, 5.74) is 2.15. The molecule has 0 saturated carbocycles. The zero-order valence-corrected chi connectivity index (χ0v) is 19.4. The Hall–Kier alpha value is -3.16. The van der Waals surface area contributed by atoms with Crippen LogP contribution in [0.3, 0.4) is 0 Å². The van der Waals surface area contributed by atoms with Crippen molar-refractivity contribution in [3.05, 3.63) is 95.6 Å². The molecule has 0 amide bonds. The largest absolute Gasteiger partial charge is 0.496 e. The number of aromatic nitrogens is 1. The average molecular weight is 469 g/mol. The summed E-state index contributed by atoms with van der Waals surface area (Å²) in [6.45, 7) is 3.72. The van der Waals surface area contributed by atoms with Gasteiger partial charge >= 0.3 is 5.97 Å². The average Bonchev–Trinajstić information content (AvgIpc) is 3.08. The van der Waals surface area contributed by atoms with Gasteiger partial charge < -0.3 is 9.47 Å². The Morgan fingerprint density at radius 1 is 1.22 bits per heavy atom. The van der Waals surface area contributed by atoms with Gasteiger partial charge in [-0.05, 0) is 43.7 Å². The molecule has 0 bridgehead atoms. The van der Waals surface area contributed by atoms with Crippen LogP contribution >= 0.6 is 22.9 Å². The van der Waals surface area contributed by atoms with Crippen LogP contribution in [0.5, 0.6) is 5.75 Å². The molecule has 4 rings (SSSR count). The minimum Gasteiger partial charge on any atom is -0.496 e. The number of carbonyl (C=O) groups excluding carboxylic acids is 1. The molecule has 6 nitrogen and oxygen atoms in total. The predicted molar refractivity (Wildman–Crippen MR) is 125 cm³/mol. The number of benzene rings is 2. The Balaban J connectivity index is 1.97. The highest BCUT2D eigenvalue weighted by atomic mass is 35.5. The molecule has 0 spiro atoms. The molecule has 8 heteroatoms. The van der Waals surface area contributed by atoms with Gasteiger partial charge in [0, 0.05) is 10.6 Å². The smallest absolute Gasteiger partial charge is 0.338 e. The van der Waals surface area contributed by atoms with Crippen LogP contribution in [0.4, 0.5) is 0 Å². The fraction of sp³-hybridized carbons (Fsp3) is 0.208. The number of fused-ring (bicyclic) bond motifs is 1. The van der Waals surface area contributed by atoms with E-state index in [2.05, 4.69) is 4.99 Å². The number of thiazole rings is 1. The van der Waals surface area contributed by atoms with Crippen molar-refractivity contribution < 1.29 is 14.3 Å². The van der Waals surface area contributed by atoms with Gasteiger partial charge in [0.2, 0.25) is 0 Å². The van der Waals surface area contributed by atoms with E-state index in [1.807, 2.05) is 36.4 Å². The first kappa shape index (κ1) is 22.0. The normalized spacial score (nSPS) is 15.9. The molecular formula is C24H21ClN2O4S. The molecule has 0 radical (unpaired) electrons. The Morgan fingerprint density at radius 2 is 1.94 bits per heavy atom. The fourth-order valence-electron chi connectivity index (χ4n) is 3.68. The van der Waals surface area contributed by atoms with Crippen LogP contribution in [-0.2, 0) is 9.53 Å². The van der Waals surface area contributed by atoms with Gasteiger partial charge in [-0.2, -0.15) is 0 Å². The third kappa shape index (κ3) is 4.01. The van der Waals surface area contributed by atoms with E-state index in [-0.39, 0.29) is 12.2 Å². The summed E-state index contributed by atoms with van der Waals surface area (Å²) in [5, 5.41) is 0.565. The van der Waals surface area contributed by atoms with Gasteiger partial charge in [-0.15, -0.1) is 0 Å². The summed E-state index contributed by atoms with van der Waals surface area (Å²) < 4.78 is 12.7. The molecule has 1 aliphatic rings. The molecule has 0 aliphatic carbocycles. The number of methoxy groups -OCH3 is 1. The second-order valence-electron chi connectivity index (χ2n) is 7.10. The van der Waals surface area contributed by atoms with Gasteiger partial charge in [0.25, 0.3) is 5.56 Å². The molecule has 3 aromatic rings. The minimum absolute atomic E-state index is 0.223. The molecule has 0 fully saturated rings. The number of rotatable bonds is 5. The lowest BCUT2D eigenvalue weighted by Gasteiger charge is -2.24. The molecule has 32 heavy (non-hydrogen) atoms. The first-order valence-corrected chi connectivity index (χ1v) is 11.2. The maximum Gasteiger partial charge on any atom is 0.338 e. The highest BCUT2D eigenvalue weighted by molar-refractivity contribution is 7.07. The highest BCUT2D eigenvalue weighted by Gasteiger charge is 2.33. The number of allylic oxidation sites excluding steroid dienone is 1. The second kappa shape index (κ2) is 9.14. The molecule has 2 heterocycles. The van der Waals surface area contributed by atoms with Gasteiger partial charge in [0.15, 0.2) is 4.80 Å². The van der Waals surface area contributed by atoms with Crippen LogP contribution in [0.25, 0.3) is 6.08 Å². The third-order valence-electron chi connectivity index (χ3n) is 5.13. The predicted octanol–water partition coefficient (Wildman–Crippen LogP) is 3.46. The van der Waals surface area contributed by atoms with Crippen molar-refractivity contribution in [1.82, 2.24) is 4.57 Å². The first-order valence-electron chi connectivity index (χ1n) is 10.0. The molecule has 1 aliphatic heterocycles. The monoisotopic (exact) mass is 468 g/mol. The van der Waals surface area contributed by atoms with Gasteiger partial charge in [-0.3, -0.25) is 9.36 Å². The topological polar surface area (TPSA) is 69.9 Å². The lowest BCUT2D eigenvalue weighted by Crippen LogP contribution is -2.39. The van der Waals surface area contributed by atoms with Gasteiger partial charge in [-0.25, -0.2) is 9.79 Å². The van der Waals surface area contributed by atoms with E-state index >= 15 is 0 Å². The van der Waals surface area contributed by atoms with Crippen LogP contribution in [0.2, 0.25) is 5.02 Å². The summed E-state index contributed by atoms with van der Waals surface area (Å²) in [5.74, 6) is 0.170. The molecule has 1 aromatic heterocycles. The van der Waals surface area contributed by atoms with Crippen molar-refractivity contribution in [2.75, 3.05) is 13.7 Å². The minimum atomic E-state index is -0.664. The van der Waals surface area contributed by atoms with E-state index in [1.165, 1.54) is 11.3 Å². The van der Waals surface area contributed by atoms with Gasteiger partial charge in [0.05, 0.1) is 35.6 Å². The standard InChI is InChI=1S/C24H21ClN2O4S/c1-4-31-23(29)20-14(2)26-24-27(21(20)15-9-11-17(25)12-10-15)22(28)19(32-24)13-16-7-5-6-8-18(16)30-3/h5-13,21H,4H2,1-3H3/b19-13+. The quantitative estimate of drug-likeness (QED) is 0.538. The van der Waals surface area contributed by atoms with Crippen molar-refractivity contribution >= 4 is 35.0 Å². The van der Waals surface area contributed by atoms with Crippen LogP contribution in [0, 0.1) is 0 Å². The molecule has 164 valence electrons. The zero-order valence-electron chi connectivity index (χ0n) is 17.8. The number of hydrogen-bond acceptors (Lipinski definition) is 6. The van der Waals surface area contributed by atoms with E-state index in [0.29, 0.717) is 31.4 Å². The zero-order chi connectivity index (χ0) is 22.8. The van der Waals surface area contributed by atoms with E-state index in [4.69, 9.17) is 21.1 Å². The summed E-state index contributed by atoms with van der Waals surface area (Å²) in [4.78, 5) is 31.5. The van der Waals surface area contributed by atoms with Crippen molar-refractivity contribution in [2.45, 2.75) is 19.9 Å². The Labute approximate surface area is 193 Å². The van der Waals surface area contributed by atoms with E-state index in [0.717, 1.165) is 11.1 Å². The molecule has 0 saturated heterocycles. The number of para-hydroxylation sites is 1. The lowest BCUT2D eigenvalue weighted by molar-refractivity contribution is -0.139. The van der Waals surface area contributed by atoms with Crippen molar-refractivity contribution in [1.29, 1.82) is 0 Å². The summed E-state index contributed by atoms with van der Waals surface area (Å²) >= 11 is 7.35. The SMILES string of the molecule is CCOC(=O)C1=C(C)N=c2s/c(=C/c3ccccc3OC)c(=O)n2C1c1ccc(Cl)cc1. The maximum absolute atomic E-state index is 13.5. The number of ether oxygens (including phenoxy) is 2. The summed E-state index contributed by atoms with van der Waals surface area (Å²) in [7, 11) is 1.59. The molecule has 0 N–H and O–H groups in total. The number of halogens is 1. The van der Waals surface area contributed by atoms with Gasteiger partial charge in [-0.1, -0.05) is 53.3 Å². The number of nitrogens with zero attached hydrogens (tertiary/aromatic N) is 2. The molecule has 2 aromatic carbocycles. The van der Waals surface area contributed by atoms with Crippen molar-refractivity contribution in [3.63, 3.8) is 0 Å². The Morgan fingerprint density at radius 3 is 2.62 bits per heavy atom. The maximum atomic E-state index is 13.5. The van der Waals surface area contributed by atoms with Crippen LogP contribution < -0.4 is 19.6 Å². The highest BCUT2D eigenvalue weighted by Crippen LogP contribution is 2.31. The number of carbonyl (C=O) groups is 1. The third-order valence-corrected chi connectivity index (χ3v) is 6.36. The van der Waals surface area contributed by atoms with Crippen LogP contribution in [0.15, 0.2) is 69.6 Å². The lowest BCUT2D eigenvalue weighted by atomic mass is 9.96. The van der Waals surface area contributed by atoms with E-state index in [1.54, 1.807) is 43.7 Å². The Kier molecular flexibility index (Phi) is 6.30. The van der Waals surface area contributed by atoms with Crippen LogP contribution in [0.1, 0.15) is 31.0 Å². The molecular weight excluding hydrogens is 448 g/mol. The van der Waals surface area contributed by atoms with Crippen molar-refractivity contribution in [2.24, 2.45) is 4.99 Å². The summed E-state index contributed by atoms with van der Waals surface area (Å²) in [6, 6.07) is 13.9. The van der Waals surface area contributed by atoms with Crippen LogP contribution in [-0.4, -0.2) is 24.3 Å². The van der Waals surface area contributed by atoms with Gasteiger partial charge in [0.1, 0.15) is 5.75 Å². The molecule has 1 unspecified atom stereocenters. The van der Waals surface area contributed by atoms with E-state index < -0.39 is 12.0 Å². The fourth-order valence-corrected chi connectivity index (χ4v) is 4.84. The molecule has 1 atom stereocenters. The van der Waals surface area contributed by atoms with E-state index in [9.17, 15) is 9.59 Å². The summed E-state index contributed by atoms with van der Waals surface area (Å²) in [6.07, 6.45) is 1.78. The number of hydrogen-bond donors (Lipinski definition) is 0. The number of esters is 1. The Bertz CT molecular complexity index is 1390. The first-order chi connectivity index (χ1) is 15.4.